The summed E-state index contributed by atoms with van der Waals surface area (Å²) in [4.78, 5) is 91.3. The van der Waals surface area contributed by atoms with Gasteiger partial charge in [-0.05, 0) is 77.7 Å². The average molecular weight is 782 g/mol. The molecule has 55 heavy (non-hydrogen) atoms. The number of carboxylic acid groups (broad SMARTS) is 1. The minimum atomic E-state index is -1.69. The van der Waals surface area contributed by atoms with E-state index in [1.54, 1.807) is 30.3 Å². The van der Waals surface area contributed by atoms with Gasteiger partial charge in [0.25, 0.3) is 0 Å². The first-order chi connectivity index (χ1) is 26.0. The topological polar surface area (TPSA) is 382 Å². The maximum absolute atomic E-state index is 13.8. The van der Waals surface area contributed by atoms with Gasteiger partial charge in [0.2, 0.25) is 35.4 Å². The highest BCUT2D eigenvalue weighted by atomic mass is 16.4. The van der Waals surface area contributed by atoms with Crippen LogP contribution in [0.4, 0.5) is 0 Å². The molecule has 0 aliphatic carbocycles. The Morgan fingerprint density at radius 2 is 0.964 bits per heavy atom. The number of carboxylic acids is 1. The molecule has 0 aliphatic heterocycles. The van der Waals surface area contributed by atoms with Crippen LogP contribution in [0, 0.1) is 0 Å². The zero-order valence-corrected chi connectivity index (χ0v) is 31.2. The zero-order valence-electron chi connectivity index (χ0n) is 31.2. The lowest BCUT2D eigenvalue weighted by atomic mass is 10.0. The first-order valence-corrected chi connectivity index (χ1v) is 18.0. The van der Waals surface area contributed by atoms with E-state index >= 15 is 0 Å². The summed E-state index contributed by atoms with van der Waals surface area (Å²) in [6.07, 6.45) is -2.79. The van der Waals surface area contributed by atoms with E-state index in [0.717, 1.165) is 6.92 Å². The normalized spacial score (nSPS) is 16.0. The number of nitrogens with one attached hydrogen (secondary N) is 6. The van der Waals surface area contributed by atoms with Gasteiger partial charge in [0.1, 0.15) is 30.2 Å². The summed E-state index contributed by atoms with van der Waals surface area (Å²) >= 11 is 0. The van der Waals surface area contributed by atoms with Gasteiger partial charge in [0.15, 0.2) is 6.04 Å². The van der Waals surface area contributed by atoms with Crippen LogP contribution >= 0.6 is 0 Å². The third-order valence-corrected chi connectivity index (χ3v) is 8.35. The summed E-state index contributed by atoms with van der Waals surface area (Å²) in [5.41, 5.74) is 28.9. The van der Waals surface area contributed by atoms with Crippen molar-refractivity contribution in [1.82, 2.24) is 31.9 Å². The molecule has 0 spiro atoms. The van der Waals surface area contributed by atoms with Gasteiger partial charge >= 0.3 is 5.97 Å². The Kier molecular flexibility index (Phi) is 22.2. The van der Waals surface area contributed by atoms with E-state index in [-0.39, 0.29) is 58.3 Å². The average Bonchev–Trinajstić information content (AvgIpc) is 3.13. The Balaban J connectivity index is 3.29. The van der Waals surface area contributed by atoms with Gasteiger partial charge in [-0.15, -0.1) is 0 Å². The molecule has 0 saturated heterocycles. The van der Waals surface area contributed by atoms with Crippen molar-refractivity contribution >= 4 is 41.4 Å². The highest BCUT2D eigenvalue weighted by molar-refractivity contribution is 5.97. The fourth-order valence-corrected chi connectivity index (χ4v) is 5.22. The molecule has 0 heterocycles. The van der Waals surface area contributed by atoms with Crippen molar-refractivity contribution in [2.75, 3.05) is 26.2 Å². The van der Waals surface area contributed by atoms with E-state index in [2.05, 4.69) is 31.9 Å². The quantitative estimate of drug-likeness (QED) is 0.0416. The van der Waals surface area contributed by atoms with Crippen LogP contribution in [-0.4, -0.2) is 137 Å². The Labute approximate surface area is 319 Å². The monoisotopic (exact) mass is 781 g/mol. The Morgan fingerprint density at radius 3 is 1.44 bits per heavy atom. The molecule has 0 bridgehead atoms. The number of aliphatic carboxylic acids is 1. The van der Waals surface area contributed by atoms with Crippen molar-refractivity contribution in [2.24, 2.45) is 28.7 Å². The Bertz CT molecular complexity index is 1400. The van der Waals surface area contributed by atoms with Gasteiger partial charge in [0, 0.05) is 6.42 Å². The third kappa shape index (κ3) is 17.1. The first kappa shape index (κ1) is 48.2. The summed E-state index contributed by atoms with van der Waals surface area (Å²) in [6.45, 7) is 2.45. The van der Waals surface area contributed by atoms with Gasteiger partial charge in [-0.3, -0.25) is 28.8 Å². The molecule has 0 fully saturated rings. The van der Waals surface area contributed by atoms with Crippen LogP contribution < -0.4 is 60.6 Å². The number of benzene rings is 1. The second-order valence-electron chi connectivity index (χ2n) is 13.0. The van der Waals surface area contributed by atoms with Crippen molar-refractivity contribution in [2.45, 2.75) is 107 Å². The number of hydrogen-bond donors (Lipinski definition) is 14. The molecule has 0 radical (unpaired) electrons. The molecule has 9 atom stereocenters. The van der Waals surface area contributed by atoms with E-state index in [0.29, 0.717) is 12.0 Å². The summed E-state index contributed by atoms with van der Waals surface area (Å²) in [7, 11) is 0. The molecule has 310 valence electrons. The predicted molar refractivity (Wildman–Crippen MR) is 200 cm³/mol. The van der Waals surface area contributed by atoms with E-state index in [1.807, 2.05) is 0 Å². The SMILES string of the molecule is C[C@@H](O)[C@H](NC(=O)[C@H](CCN)NC(=O)[C@H](CCN)NC(=O)[C@@H](NC(=O)[C@@H](Cc1ccccc1)NC(=O)[C@H](CCCN)NC(=O)[C@@H](N)CCN)[C@@H](C)O)C(=O)O. The van der Waals surface area contributed by atoms with E-state index in [9.17, 15) is 48.9 Å². The number of carbonyl (C=O) groups is 7. The summed E-state index contributed by atoms with van der Waals surface area (Å²) in [6, 6.07) is -1.04. The molecular weight excluding hydrogens is 722 g/mol. The number of aliphatic hydroxyl groups is 2. The maximum atomic E-state index is 13.8. The lowest BCUT2D eigenvalue weighted by Crippen LogP contribution is -2.62. The van der Waals surface area contributed by atoms with Crippen LogP contribution in [0.25, 0.3) is 0 Å². The fraction of sp³-hybridized carbons (Fsp3) is 0.618. The van der Waals surface area contributed by atoms with Gasteiger partial charge < -0.3 is 75.9 Å². The Hall–Kier alpha value is -4.77. The largest absolute Gasteiger partial charge is 0.480 e. The number of rotatable bonds is 26. The van der Waals surface area contributed by atoms with Crippen molar-refractivity contribution in [3.05, 3.63) is 35.9 Å². The van der Waals surface area contributed by atoms with Crippen LogP contribution in [0.5, 0.6) is 0 Å². The number of nitrogens with two attached hydrogens (primary N) is 5. The summed E-state index contributed by atoms with van der Waals surface area (Å²) in [5, 5.41) is 44.2. The highest BCUT2D eigenvalue weighted by Gasteiger charge is 2.35. The lowest BCUT2D eigenvalue weighted by molar-refractivity contribution is -0.145. The van der Waals surface area contributed by atoms with Crippen LogP contribution in [0.3, 0.4) is 0 Å². The second-order valence-corrected chi connectivity index (χ2v) is 13.0. The standard InChI is InChI=1S/C34H59N11O10/c1-18(46)26(33(53)42-23(11-15-37)30(50)41-24(12-16-38)31(51)45-27(19(2)47)34(54)55)44-32(52)25(17-20-7-4-3-5-8-20)43-29(49)22(9-6-13-35)40-28(48)21(39)10-14-36/h3-5,7-8,18-19,21-27,46-47H,6,9-17,35-39H2,1-2H3,(H,40,48)(H,41,50)(H,42,53)(H,43,49)(H,44,52)(H,45,51)(H,54,55)/t18-,19-,21+,22+,23+,24+,25-,26+,27+/m1/s1. The van der Waals surface area contributed by atoms with E-state index in [1.165, 1.54) is 6.92 Å². The summed E-state index contributed by atoms with van der Waals surface area (Å²) in [5.74, 6) is -6.70. The van der Waals surface area contributed by atoms with Crippen LogP contribution in [-0.2, 0) is 40.0 Å². The highest BCUT2D eigenvalue weighted by Crippen LogP contribution is 2.08. The molecule has 1 rings (SSSR count). The first-order valence-electron chi connectivity index (χ1n) is 18.0. The molecule has 0 unspecified atom stereocenters. The van der Waals surface area contributed by atoms with Gasteiger partial charge in [-0.25, -0.2) is 4.79 Å². The number of carbonyl (C=O) groups excluding carboxylic acids is 6. The molecular formula is C34H59N11O10. The Morgan fingerprint density at radius 1 is 0.545 bits per heavy atom. The van der Waals surface area contributed by atoms with Crippen molar-refractivity contribution in [3.63, 3.8) is 0 Å². The van der Waals surface area contributed by atoms with Gasteiger partial charge in [-0.1, -0.05) is 30.3 Å². The third-order valence-electron chi connectivity index (χ3n) is 8.35. The lowest BCUT2D eigenvalue weighted by Gasteiger charge is -2.28. The number of hydrogen-bond acceptors (Lipinski definition) is 14. The van der Waals surface area contributed by atoms with Gasteiger partial charge in [0.05, 0.1) is 18.2 Å². The minimum absolute atomic E-state index is 0.0720. The molecule has 0 saturated carbocycles. The molecule has 21 nitrogen and oxygen atoms in total. The zero-order chi connectivity index (χ0) is 41.7. The van der Waals surface area contributed by atoms with Crippen molar-refractivity contribution in [3.8, 4) is 0 Å². The van der Waals surface area contributed by atoms with Crippen molar-refractivity contribution in [1.29, 1.82) is 0 Å². The maximum Gasteiger partial charge on any atom is 0.328 e. The van der Waals surface area contributed by atoms with Gasteiger partial charge in [-0.2, -0.15) is 0 Å². The molecule has 1 aromatic carbocycles. The number of aliphatic hydroxyl groups excluding tert-OH is 2. The predicted octanol–water partition coefficient (Wildman–Crippen LogP) is -5.90. The minimum Gasteiger partial charge on any atom is -0.480 e. The van der Waals surface area contributed by atoms with Crippen LogP contribution in [0.1, 0.15) is 51.5 Å². The molecule has 0 aromatic heterocycles. The number of amides is 6. The van der Waals surface area contributed by atoms with E-state index in [4.69, 9.17) is 28.7 Å². The van der Waals surface area contributed by atoms with E-state index < -0.39 is 95.9 Å². The van der Waals surface area contributed by atoms with Crippen molar-refractivity contribution < 1.29 is 48.9 Å². The van der Waals surface area contributed by atoms with Crippen LogP contribution in [0.2, 0.25) is 0 Å². The fourth-order valence-electron chi connectivity index (χ4n) is 5.22. The second kappa shape index (κ2) is 25.3. The molecule has 19 N–H and O–H groups in total. The smallest absolute Gasteiger partial charge is 0.328 e. The molecule has 21 heteroatoms. The van der Waals surface area contributed by atoms with Crippen LogP contribution in [0.15, 0.2) is 30.3 Å². The molecule has 1 aromatic rings. The molecule has 6 amide bonds. The summed E-state index contributed by atoms with van der Waals surface area (Å²) < 4.78 is 0. The molecule has 0 aliphatic rings.